The Morgan fingerprint density at radius 2 is 2.29 bits per heavy atom. The van der Waals surface area contributed by atoms with Crippen LogP contribution in [0.15, 0.2) is 0 Å². The van der Waals surface area contributed by atoms with E-state index in [9.17, 15) is 9.59 Å². The summed E-state index contributed by atoms with van der Waals surface area (Å²) in [5, 5.41) is 3.10. The zero-order valence-corrected chi connectivity index (χ0v) is 13.5. The predicted molar refractivity (Wildman–Crippen MR) is 80.4 cm³/mol. The van der Waals surface area contributed by atoms with E-state index in [1.807, 2.05) is 0 Å². The summed E-state index contributed by atoms with van der Waals surface area (Å²) in [5.74, 6) is -0.350. The molecule has 0 bridgehead atoms. The molecule has 2 aliphatic heterocycles. The quantitative estimate of drug-likeness (QED) is 0.756. The zero-order chi connectivity index (χ0) is 14.5. The third-order valence-corrected chi connectivity index (χ3v) is 3.57. The third-order valence-electron chi connectivity index (χ3n) is 3.57. The second kappa shape index (κ2) is 8.56. The van der Waals surface area contributed by atoms with Gasteiger partial charge in [0.1, 0.15) is 0 Å². The number of halogens is 1. The highest BCUT2D eigenvalue weighted by atomic mass is 35.5. The third kappa shape index (κ3) is 5.45. The smallest absolute Gasteiger partial charge is 0.308 e. The van der Waals surface area contributed by atoms with Crippen LogP contribution in [0.1, 0.15) is 33.1 Å². The van der Waals surface area contributed by atoms with E-state index < -0.39 is 6.04 Å². The average molecular weight is 321 g/mol. The second-order valence-corrected chi connectivity index (χ2v) is 5.67. The monoisotopic (exact) mass is 320 g/mol. The molecule has 0 aliphatic carbocycles. The lowest BCUT2D eigenvalue weighted by Gasteiger charge is -2.34. The number of ether oxygens (including phenoxy) is 2. The van der Waals surface area contributed by atoms with Crippen molar-refractivity contribution < 1.29 is 19.1 Å². The van der Waals surface area contributed by atoms with E-state index in [-0.39, 0.29) is 42.9 Å². The lowest BCUT2D eigenvalue weighted by molar-refractivity contribution is -0.151. The van der Waals surface area contributed by atoms with Crippen LogP contribution in [0, 0.1) is 0 Å². The molecule has 122 valence electrons. The minimum absolute atomic E-state index is 0. The van der Waals surface area contributed by atoms with Gasteiger partial charge in [-0.2, -0.15) is 0 Å². The van der Waals surface area contributed by atoms with Gasteiger partial charge >= 0.3 is 5.97 Å². The van der Waals surface area contributed by atoms with Gasteiger partial charge in [0, 0.05) is 26.2 Å². The molecule has 6 nitrogen and oxygen atoms in total. The Kier molecular flexibility index (Phi) is 7.42. The van der Waals surface area contributed by atoms with Crippen molar-refractivity contribution in [2.75, 3.05) is 26.2 Å². The molecular weight excluding hydrogens is 296 g/mol. The summed E-state index contributed by atoms with van der Waals surface area (Å²) >= 11 is 0. The van der Waals surface area contributed by atoms with Crippen molar-refractivity contribution in [3.8, 4) is 0 Å². The van der Waals surface area contributed by atoms with E-state index in [1.54, 1.807) is 18.7 Å². The standard InChI is InChI=1S/C14H24N2O4.ClH/c1-10(2)20-13(17)8-12-14(18)16(6-5-15-12)9-11-4-3-7-19-11;/h10-12,15H,3-9H2,1-2H3;1H. The van der Waals surface area contributed by atoms with Gasteiger partial charge in [-0.25, -0.2) is 0 Å². The molecule has 7 heteroatoms. The summed E-state index contributed by atoms with van der Waals surface area (Å²) in [4.78, 5) is 25.8. The number of piperazine rings is 1. The number of amides is 1. The molecule has 0 aromatic carbocycles. The lowest BCUT2D eigenvalue weighted by atomic mass is 10.1. The SMILES string of the molecule is CC(C)OC(=O)CC1NCCN(CC2CCCO2)C1=O.Cl. The molecule has 2 fully saturated rings. The Balaban J connectivity index is 0.00000220. The van der Waals surface area contributed by atoms with E-state index in [2.05, 4.69) is 5.32 Å². The van der Waals surface area contributed by atoms with Gasteiger partial charge in [-0.1, -0.05) is 0 Å². The van der Waals surface area contributed by atoms with E-state index in [0.29, 0.717) is 19.6 Å². The highest BCUT2D eigenvalue weighted by Crippen LogP contribution is 2.15. The van der Waals surface area contributed by atoms with Crippen molar-refractivity contribution in [1.29, 1.82) is 0 Å². The Hall–Kier alpha value is -0.850. The van der Waals surface area contributed by atoms with Crippen LogP contribution < -0.4 is 5.32 Å². The van der Waals surface area contributed by atoms with Gasteiger partial charge in [0.25, 0.3) is 0 Å². The molecule has 2 rings (SSSR count). The molecule has 2 saturated heterocycles. The van der Waals surface area contributed by atoms with Crippen molar-refractivity contribution in [2.45, 2.75) is 51.4 Å². The van der Waals surface area contributed by atoms with E-state index in [1.165, 1.54) is 0 Å². The number of rotatable bonds is 5. The molecule has 2 unspecified atom stereocenters. The summed E-state index contributed by atoms with van der Waals surface area (Å²) in [5.41, 5.74) is 0. The fourth-order valence-corrected chi connectivity index (χ4v) is 2.64. The van der Waals surface area contributed by atoms with Crippen LogP contribution in [-0.4, -0.2) is 61.3 Å². The van der Waals surface area contributed by atoms with Gasteiger partial charge in [-0.3, -0.25) is 9.59 Å². The molecule has 1 amide bonds. The van der Waals surface area contributed by atoms with Crippen LogP contribution in [0.2, 0.25) is 0 Å². The molecule has 2 aliphatic rings. The molecule has 2 atom stereocenters. The fourth-order valence-electron chi connectivity index (χ4n) is 2.64. The first kappa shape index (κ1) is 18.2. The minimum Gasteiger partial charge on any atom is -0.463 e. The van der Waals surface area contributed by atoms with Crippen molar-refractivity contribution >= 4 is 24.3 Å². The van der Waals surface area contributed by atoms with Crippen LogP contribution in [0.3, 0.4) is 0 Å². The maximum Gasteiger partial charge on any atom is 0.308 e. The van der Waals surface area contributed by atoms with Crippen molar-refractivity contribution in [2.24, 2.45) is 0 Å². The summed E-state index contributed by atoms with van der Waals surface area (Å²) < 4.78 is 10.7. The molecule has 2 heterocycles. The van der Waals surface area contributed by atoms with Crippen LogP contribution >= 0.6 is 12.4 Å². The molecule has 1 N–H and O–H groups in total. The van der Waals surface area contributed by atoms with E-state index in [0.717, 1.165) is 19.4 Å². The number of carbonyl (C=O) groups excluding carboxylic acids is 2. The van der Waals surface area contributed by atoms with E-state index >= 15 is 0 Å². The zero-order valence-electron chi connectivity index (χ0n) is 12.7. The number of hydrogen-bond donors (Lipinski definition) is 1. The highest BCUT2D eigenvalue weighted by Gasteiger charge is 2.32. The normalized spacial score (nSPS) is 25.9. The first-order valence-corrected chi connectivity index (χ1v) is 7.39. The average Bonchev–Trinajstić information content (AvgIpc) is 2.86. The van der Waals surface area contributed by atoms with E-state index in [4.69, 9.17) is 9.47 Å². The van der Waals surface area contributed by atoms with Gasteiger partial charge < -0.3 is 19.7 Å². The molecule has 0 spiro atoms. The second-order valence-electron chi connectivity index (χ2n) is 5.67. The Morgan fingerprint density at radius 3 is 2.90 bits per heavy atom. The van der Waals surface area contributed by atoms with Gasteiger partial charge in [-0.15, -0.1) is 12.4 Å². The predicted octanol–water partition coefficient (Wildman–Crippen LogP) is 0.729. The minimum atomic E-state index is -0.462. The van der Waals surface area contributed by atoms with Gasteiger partial charge in [0.2, 0.25) is 5.91 Å². The maximum absolute atomic E-state index is 12.3. The molecule has 0 radical (unpaired) electrons. The summed E-state index contributed by atoms with van der Waals surface area (Å²) in [6.45, 7) is 6.41. The molecule has 0 aromatic rings. The van der Waals surface area contributed by atoms with Crippen LogP contribution in [0.4, 0.5) is 0 Å². The first-order chi connectivity index (χ1) is 9.56. The molecule has 21 heavy (non-hydrogen) atoms. The van der Waals surface area contributed by atoms with Crippen molar-refractivity contribution in [3.63, 3.8) is 0 Å². The van der Waals surface area contributed by atoms with Gasteiger partial charge in [0.15, 0.2) is 0 Å². The number of carbonyl (C=O) groups is 2. The maximum atomic E-state index is 12.3. The molecular formula is C14H25ClN2O4. The summed E-state index contributed by atoms with van der Waals surface area (Å²) in [7, 11) is 0. The van der Waals surface area contributed by atoms with Crippen LogP contribution in [0.25, 0.3) is 0 Å². The lowest BCUT2D eigenvalue weighted by Crippen LogP contribution is -2.57. The van der Waals surface area contributed by atoms with Gasteiger partial charge in [-0.05, 0) is 26.7 Å². The van der Waals surface area contributed by atoms with Crippen LogP contribution in [0.5, 0.6) is 0 Å². The number of nitrogens with one attached hydrogen (secondary N) is 1. The van der Waals surface area contributed by atoms with Crippen LogP contribution in [-0.2, 0) is 19.1 Å². The molecule has 0 saturated carbocycles. The number of hydrogen-bond acceptors (Lipinski definition) is 5. The van der Waals surface area contributed by atoms with Crippen molar-refractivity contribution in [1.82, 2.24) is 10.2 Å². The molecule has 0 aromatic heterocycles. The number of nitrogens with zero attached hydrogens (tertiary/aromatic N) is 1. The Labute approximate surface area is 131 Å². The number of esters is 1. The Morgan fingerprint density at radius 1 is 1.52 bits per heavy atom. The Bertz CT molecular complexity index is 359. The van der Waals surface area contributed by atoms with Crippen molar-refractivity contribution in [3.05, 3.63) is 0 Å². The summed E-state index contributed by atoms with van der Waals surface area (Å²) in [6, 6.07) is -0.462. The fraction of sp³-hybridized carbons (Fsp3) is 0.857. The topological polar surface area (TPSA) is 67.9 Å². The summed E-state index contributed by atoms with van der Waals surface area (Å²) in [6.07, 6.45) is 2.18. The van der Waals surface area contributed by atoms with Gasteiger partial charge in [0.05, 0.1) is 24.7 Å². The largest absolute Gasteiger partial charge is 0.463 e. The highest BCUT2D eigenvalue weighted by molar-refractivity contribution is 5.87. The first-order valence-electron chi connectivity index (χ1n) is 7.39.